The largest absolute Gasteiger partial charge is 0.342 e. The van der Waals surface area contributed by atoms with Gasteiger partial charge < -0.3 is 9.97 Å². The van der Waals surface area contributed by atoms with Crippen LogP contribution in [0.3, 0.4) is 0 Å². The van der Waals surface area contributed by atoms with Crippen LogP contribution in [0.15, 0.2) is 61.2 Å². The summed E-state index contributed by atoms with van der Waals surface area (Å²) in [5, 5.41) is 4.50. The number of benzene rings is 3. The fourth-order valence-electron chi connectivity index (χ4n) is 4.57. The molecule has 2 N–H and O–H groups in total. The van der Waals surface area contributed by atoms with E-state index < -0.39 is 0 Å². The molecule has 6 rings (SSSR count). The lowest BCUT2D eigenvalue weighted by Crippen LogP contribution is -1.91. The van der Waals surface area contributed by atoms with E-state index in [0.717, 1.165) is 66.7 Å². The number of aromatic amines is 2. The standard InChI is InChI=1S/C28H26N6/c1-15(2)27-31-13-23(33-27)17-5-7-19-20-8-6-18(24-14-32-28(34-24)16(3)4)12-22(20)26-25(21(19)11-17)29-9-10-30-26/h5-16H,1-4H3,(H,31,33)(H,32,34). The van der Waals surface area contributed by atoms with Crippen molar-refractivity contribution in [2.45, 2.75) is 39.5 Å². The van der Waals surface area contributed by atoms with E-state index in [1.165, 1.54) is 0 Å². The van der Waals surface area contributed by atoms with Gasteiger partial charge in [-0.15, -0.1) is 0 Å². The number of rotatable bonds is 4. The molecule has 6 nitrogen and oxygen atoms in total. The Labute approximate surface area is 197 Å². The zero-order valence-corrected chi connectivity index (χ0v) is 19.7. The predicted molar refractivity (Wildman–Crippen MR) is 138 cm³/mol. The number of aromatic nitrogens is 6. The van der Waals surface area contributed by atoms with Crippen LogP contribution < -0.4 is 0 Å². The van der Waals surface area contributed by atoms with Gasteiger partial charge in [-0.2, -0.15) is 0 Å². The lowest BCUT2D eigenvalue weighted by Gasteiger charge is -2.11. The fraction of sp³-hybridized carbons (Fsp3) is 0.214. The molecule has 0 radical (unpaired) electrons. The minimum atomic E-state index is 0.352. The number of nitrogens with zero attached hydrogens (tertiary/aromatic N) is 4. The van der Waals surface area contributed by atoms with Crippen molar-refractivity contribution in [1.82, 2.24) is 29.9 Å². The second kappa shape index (κ2) is 7.76. The molecule has 0 atom stereocenters. The SMILES string of the molecule is CC(C)c1ncc(-c2ccc3c4ccc(-c5cnc(C(C)C)[nH]5)cc4c4nccnc4c3c2)[nH]1. The van der Waals surface area contributed by atoms with Gasteiger partial charge in [-0.25, -0.2) is 9.97 Å². The first-order valence-electron chi connectivity index (χ1n) is 11.7. The normalized spacial score (nSPS) is 12.1. The van der Waals surface area contributed by atoms with Crippen molar-refractivity contribution < 1.29 is 0 Å². The molecule has 168 valence electrons. The maximum absolute atomic E-state index is 4.75. The molecule has 3 aromatic heterocycles. The van der Waals surface area contributed by atoms with Gasteiger partial charge in [-0.05, 0) is 22.9 Å². The molecule has 0 fully saturated rings. The monoisotopic (exact) mass is 446 g/mol. The zero-order valence-electron chi connectivity index (χ0n) is 19.7. The number of hydrogen-bond donors (Lipinski definition) is 2. The van der Waals surface area contributed by atoms with E-state index in [2.05, 4.69) is 84.0 Å². The second-order valence-electron chi connectivity index (χ2n) is 9.45. The molecule has 0 spiro atoms. The first-order chi connectivity index (χ1) is 16.5. The lowest BCUT2D eigenvalue weighted by atomic mass is 9.95. The minimum Gasteiger partial charge on any atom is -0.342 e. The number of H-pyrrole nitrogens is 2. The third-order valence-corrected chi connectivity index (χ3v) is 6.44. The first kappa shape index (κ1) is 20.5. The molecule has 0 saturated carbocycles. The van der Waals surface area contributed by atoms with Crippen molar-refractivity contribution in [2.75, 3.05) is 0 Å². The summed E-state index contributed by atoms with van der Waals surface area (Å²) in [6.07, 6.45) is 7.35. The maximum atomic E-state index is 4.75. The van der Waals surface area contributed by atoms with Crippen molar-refractivity contribution >= 4 is 32.6 Å². The summed E-state index contributed by atoms with van der Waals surface area (Å²) in [6, 6.07) is 13.1. The van der Waals surface area contributed by atoms with Crippen LogP contribution in [0.1, 0.15) is 51.2 Å². The Morgan fingerprint density at radius 1 is 0.559 bits per heavy atom. The average molecular weight is 447 g/mol. The van der Waals surface area contributed by atoms with E-state index in [4.69, 9.17) is 9.97 Å². The summed E-state index contributed by atoms with van der Waals surface area (Å²) in [7, 11) is 0. The van der Waals surface area contributed by atoms with Crippen LogP contribution in [0.5, 0.6) is 0 Å². The summed E-state index contributed by atoms with van der Waals surface area (Å²) in [4.78, 5) is 25.5. The summed E-state index contributed by atoms with van der Waals surface area (Å²) in [5.74, 6) is 2.69. The molecule has 3 aromatic carbocycles. The first-order valence-corrected chi connectivity index (χ1v) is 11.7. The van der Waals surface area contributed by atoms with Crippen molar-refractivity contribution in [2.24, 2.45) is 0 Å². The van der Waals surface area contributed by atoms with Crippen molar-refractivity contribution in [3.63, 3.8) is 0 Å². The summed E-state index contributed by atoms with van der Waals surface area (Å²) in [6.45, 7) is 8.55. The molecule has 0 amide bonds. The van der Waals surface area contributed by atoms with Gasteiger partial charge in [-0.1, -0.05) is 52.0 Å². The smallest absolute Gasteiger partial charge is 0.109 e. The fourth-order valence-corrected chi connectivity index (χ4v) is 4.57. The Morgan fingerprint density at radius 2 is 1.00 bits per heavy atom. The summed E-state index contributed by atoms with van der Waals surface area (Å²) < 4.78 is 0. The molecule has 0 aliphatic rings. The Kier molecular flexibility index (Phi) is 4.69. The summed E-state index contributed by atoms with van der Waals surface area (Å²) in [5.41, 5.74) is 6.01. The van der Waals surface area contributed by atoms with Crippen LogP contribution in [0.4, 0.5) is 0 Å². The van der Waals surface area contributed by atoms with Gasteiger partial charge in [0.05, 0.1) is 34.8 Å². The van der Waals surface area contributed by atoms with Gasteiger partial charge in [0.15, 0.2) is 0 Å². The van der Waals surface area contributed by atoms with Crippen LogP contribution in [-0.2, 0) is 0 Å². The minimum absolute atomic E-state index is 0.352. The van der Waals surface area contributed by atoms with Gasteiger partial charge in [0.1, 0.15) is 11.6 Å². The Hall–Kier alpha value is -4.06. The van der Waals surface area contributed by atoms with Gasteiger partial charge in [0.25, 0.3) is 0 Å². The second-order valence-corrected chi connectivity index (χ2v) is 9.45. The van der Waals surface area contributed by atoms with E-state index in [9.17, 15) is 0 Å². The highest BCUT2D eigenvalue weighted by Crippen LogP contribution is 2.37. The van der Waals surface area contributed by atoms with Gasteiger partial charge >= 0.3 is 0 Å². The van der Waals surface area contributed by atoms with Crippen molar-refractivity contribution in [1.29, 1.82) is 0 Å². The van der Waals surface area contributed by atoms with Crippen LogP contribution in [0.25, 0.3) is 55.1 Å². The molecule has 6 heteroatoms. The molecular formula is C28H26N6. The maximum Gasteiger partial charge on any atom is 0.109 e. The highest BCUT2D eigenvalue weighted by Gasteiger charge is 2.15. The predicted octanol–water partition coefficient (Wildman–Crippen LogP) is 6.96. The number of hydrogen-bond acceptors (Lipinski definition) is 4. The molecular weight excluding hydrogens is 420 g/mol. The highest BCUT2D eigenvalue weighted by molar-refractivity contribution is 6.24. The Morgan fingerprint density at radius 3 is 1.38 bits per heavy atom. The zero-order chi connectivity index (χ0) is 23.4. The molecule has 3 heterocycles. The lowest BCUT2D eigenvalue weighted by molar-refractivity contribution is 0.795. The van der Waals surface area contributed by atoms with Crippen LogP contribution in [0.2, 0.25) is 0 Å². The number of imidazole rings is 2. The van der Waals surface area contributed by atoms with Crippen LogP contribution in [-0.4, -0.2) is 29.9 Å². The Bertz CT molecular complexity index is 1530. The van der Waals surface area contributed by atoms with E-state index in [-0.39, 0.29) is 0 Å². The van der Waals surface area contributed by atoms with E-state index in [0.29, 0.717) is 11.8 Å². The summed E-state index contributed by atoms with van der Waals surface area (Å²) >= 11 is 0. The Balaban J connectivity index is 1.58. The molecule has 0 aliphatic carbocycles. The van der Waals surface area contributed by atoms with Gasteiger partial charge in [0, 0.05) is 46.1 Å². The van der Waals surface area contributed by atoms with E-state index in [1.807, 2.05) is 12.4 Å². The molecule has 0 bridgehead atoms. The third kappa shape index (κ3) is 3.25. The van der Waals surface area contributed by atoms with Gasteiger partial charge in [-0.3, -0.25) is 9.97 Å². The van der Waals surface area contributed by atoms with Crippen LogP contribution in [0, 0.1) is 0 Å². The third-order valence-electron chi connectivity index (χ3n) is 6.44. The number of fused-ring (bicyclic) bond motifs is 6. The molecule has 0 unspecified atom stereocenters. The molecule has 6 aromatic rings. The molecule has 0 saturated heterocycles. The van der Waals surface area contributed by atoms with E-state index >= 15 is 0 Å². The van der Waals surface area contributed by atoms with Crippen LogP contribution >= 0.6 is 0 Å². The van der Waals surface area contributed by atoms with E-state index in [1.54, 1.807) is 12.4 Å². The average Bonchev–Trinajstić information content (AvgIpc) is 3.54. The quantitative estimate of drug-likeness (QED) is 0.287. The number of nitrogens with one attached hydrogen (secondary N) is 2. The molecule has 34 heavy (non-hydrogen) atoms. The topological polar surface area (TPSA) is 83.1 Å². The van der Waals surface area contributed by atoms with Crippen molar-refractivity contribution in [3.05, 3.63) is 72.8 Å². The molecule has 0 aliphatic heterocycles. The highest BCUT2D eigenvalue weighted by atomic mass is 14.9. The van der Waals surface area contributed by atoms with Crippen molar-refractivity contribution in [3.8, 4) is 22.5 Å². The van der Waals surface area contributed by atoms with Gasteiger partial charge in [0.2, 0.25) is 0 Å².